The van der Waals surface area contributed by atoms with Crippen LogP contribution in [0.4, 0.5) is 5.82 Å². The topological polar surface area (TPSA) is 93.8 Å². The predicted molar refractivity (Wildman–Crippen MR) is 61.7 cm³/mol. The largest absolute Gasteiger partial charge is 0.385 e. The van der Waals surface area contributed by atoms with Crippen LogP contribution in [0.1, 0.15) is 9.88 Å². The number of thiazole rings is 1. The summed E-state index contributed by atoms with van der Waals surface area (Å²) in [5, 5.41) is 0.922. The summed E-state index contributed by atoms with van der Waals surface area (Å²) in [4.78, 5) is 29.6. The van der Waals surface area contributed by atoms with Crippen LogP contribution in [0.2, 0.25) is 0 Å². The third-order valence-corrected chi connectivity index (χ3v) is 2.95. The molecule has 2 aromatic heterocycles. The van der Waals surface area contributed by atoms with Crippen molar-refractivity contribution >= 4 is 17.2 Å². The zero-order valence-electron chi connectivity index (χ0n) is 8.56. The zero-order valence-corrected chi connectivity index (χ0v) is 9.37. The van der Waals surface area contributed by atoms with Crippen LogP contribution in [0.25, 0.3) is 0 Å². The quantitative estimate of drug-likeness (QED) is 0.766. The number of hydrogen-bond donors (Lipinski definition) is 2. The van der Waals surface area contributed by atoms with Gasteiger partial charge in [-0.05, 0) is 6.92 Å². The van der Waals surface area contributed by atoms with Gasteiger partial charge in [-0.25, -0.2) is 9.78 Å². The van der Waals surface area contributed by atoms with Crippen LogP contribution in [0.15, 0.2) is 21.9 Å². The maximum absolute atomic E-state index is 11.5. The van der Waals surface area contributed by atoms with Crippen LogP contribution in [0.5, 0.6) is 0 Å². The van der Waals surface area contributed by atoms with E-state index in [4.69, 9.17) is 5.73 Å². The molecule has 0 fully saturated rings. The molecular formula is C9H10N4O2S. The van der Waals surface area contributed by atoms with Gasteiger partial charge in [0.2, 0.25) is 0 Å². The number of nitrogens with two attached hydrogens (primary N) is 1. The summed E-state index contributed by atoms with van der Waals surface area (Å²) in [6.45, 7) is 2.21. The highest BCUT2D eigenvalue weighted by Crippen LogP contribution is 2.13. The highest BCUT2D eigenvalue weighted by atomic mass is 32.1. The van der Waals surface area contributed by atoms with Gasteiger partial charge in [0.25, 0.3) is 5.56 Å². The van der Waals surface area contributed by atoms with Crippen molar-refractivity contribution in [3.63, 3.8) is 0 Å². The Bertz CT molecular complexity index is 625. The second-order valence-electron chi connectivity index (χ2n) is 3.30. The summed E-state index contributed by atoms with van der Waals surface area (Å²) in [6.07, 6.45) is 1.69. The SMILES string of the molecule is Cc1ncc(Cn2c(N)cc(=O)[nH]c2=O)s1. The lowest BCUT2D eigenvalue weighted by atomic mass is 10.5. The Hall–Kier alpha value is -1.89. The number of aromatic amines is 1. The summed E-state index contributed by atoms with van der Waals surface area (Å²) in [5.41, 5.74) is 4.61. The van der Waals surface area contributed by atoms with Gasteiger partial charge in [0, 0.05) is 17.1 Å². The van der Waals surface area contributed by atoms with Crippen LogP contribution in [-0.2, 0) is 6.54 Å². The summed E-state index contributed by atoms with van der Waals surface area (Å²) >= 11 is 1.49. The number of rotatable bonds is 2. The molecule has 2 aromatic rings. The van der Waals surface area contributed by atoms with Gasteiger partial charge in [-0.15, -0.1) is 11.3 Å². The van der Waals surface area contributed by atoms with Gasteiger partial charge in [-0.3, -0.25) is 14.3 Å². The molecule has 0 amide bonds. The summed E-state index contributed by atoms with van der Waals surface area (Å²) < 4.78 is 1.30. The standard InChI is InChI=1S/C9H10N4O2S/c1-5-11-3-6(16-5)4-13-7(10)2-8(14)12-9(13)15/h2-3H,4,10H2,1H3,(H,12,14,15). The minimum atomic E-state index is -0.504. The number of H-pyrrole nitrogens is 1. The van der Waals surface area contributed by atoms with E-state index in [1.807, 2.05) is 6.92 Å². The van der Waals surface area contributed by atoms with E-state index in [2.05, 4.69) is 9.97 Å². The van der Waals surface area contributed by atoms with Crippen molar-refractivity contribution in [3.05, 3.63) is 43.0 Å². The normalized spacial score (nSPS) is 10.6. The van der Waals surface area contributed by atoms with Gasteiger partial charge < -0.3 is 5.73 Å². The second-order valence-corrected chi connectivity index (χ2v) is 4.61. The molecule has 0 spiro atoms. The molecule has 0 aliphatic carbocycles. The lowest BCUT2D eigenvalue weighted by molar-refractivity contribution is 0.740. The van der Waals surface area contributed by atoms with E-state index in [0.29, 0.717) is 6.54 Å². The Labute approximate surface area is 94.4 Å². The zero-order chi connectivity index (χ0) is 11.7. The van der Waals surface area contributed by atoms with E-state index < -0.39 is 11.2 Å². The van der Waals surface area contributed by atoms with E-state index in [9.17, 15) is 9.59 Å². The van der Waals surface area contributed by atoms with Crippen molar-refractivity contribution in [2.45, 2.75) is 13.5 Å². The van der Waals surface area contributed by atoms with Crippen molar-refractivity contribution in [1.29, 1.82) is 0 Å². The van der Waals surface area contributed by atoms with Gasteiger partial charge >= 0.3 is 5.69 Å². The molecule has 0 unspecified atom stereocenters. The molecular weight excluding hydrogens is 228 g/mol. The van der Waals surface area contributed by atoms with Crippen molar-refractivity contribution in [2.75, 3.05) is 5.73 Å². The summed E-state index contributed by atoms with van der Waals surface area (Å²) in [6, 6.07) is 1.19. The number of nitrogens with one attached hydrogen (secondary N) is 1. The Morgan fingerprint density at radius 3 is 2.88 bits per heavy atom. The molecule has 0 aliphatic heterocycles. The third kappa shape index (κ3) is 2.03. The van der Waals surface area contributed by atoms with Gasteiger partial charge in [-0.2, -0.15) is 0 Å². The molecule has 6 nitrogen and oxygen atoms in total. The van der Waals surface area contributed by atoms with E-state index in [0.717, 1.165) is 9.88 Å². The first-order valence-corrected chi connectivity index (χ1v) is 5.39. The highest BCUT2D eigenvalue weighted by molar-refractivity contribution is 7.11. The minimum absolute atomic E-state index is 0.153. The first kappa shape index (κ1) is 10.6. The maximum Gasteiger partial charge on any atom is 0.330 e. The monoisotopic (exact) mass is 238 g/mol. The molecule has 7 heteroatoms. The Kier molecular flexibility index (Phi) is 2.61. The van der Waals surface area contributed by atoms with E-state index in [1.54, 1.807) is 6.20 Å². The third-order valence-electron chi connectivity index (χ3n) is 2.05. The Balaban J connectivity index is 2.42. The number of aryl methyl sites for hydroxylation is 1. The van der Waals surface area contributed by atoms with Gasteiger partial charge in [0.05, 0.1) is 11.6 Å². The molecule has 0 atom stereocenters. The average molecular weight is 238 g/mol. The molecule has 0 aromatic carbocycles. The second kappa shape index (κ2) is 3.93. The molecule has 0 radical (unpaired) electrons. The fraction of sp³-hybridized carbons (Fsp3) is 0.222. The first-order valence-electron chi connectivity index (χ1n) is 4.57. The smallest absolute Gasteiger partial charge is 0.330 e. The molecule has 16 heavy (non-hydrogen) atoms. The molecule has 2 heterocycles. The van der Waals surface area contributed by atoms with Gasteiger partial charge in [-0.1, -0.05) is 0 Å². The molecule has 0 saturated heterocycles. The molecule has 0 aliphatic rings. The molecule has 0 bridgehead atoms. The Morgan fingerprint density at radius 2 is 2.31 bits per heavy atom. The molecule has 3 N–H and O–H groups in total. The van der Waals surface area contributed by atoms with E-state index in [-0.39, 0.29) is 5.82 Å². The van der Waals surface area contributed by atoms with Crippen LogP contribution >= 0.6 is 11.3 Å². The summed E-state index contributed by atoms with van der Waals surface area (Å²) in [5.74, 6) is 0.153. The van der Waals surface area contributed by atoms with Gasteiger partial charge in [0.15, 0.2) is 0 Å². The van der Waals surface area contributed by atoms with Crippen molar-refractivity contribution in [2.24, 2.45) is 0 Å². The van der Waals surface area contributed by atoms with E-state index >= 15 is 0 Å². The Morgan fingerprint density at radius 1 is 1.56 bits per heavy atom. The molecule has 2 rings (SSSR count). The number of nitrogens with zero attached hydrogens (tertiary/aromatic N) is 2. The van der Waals surface area contributed by atoms with Crippen molar-refractivity contribution < 1.29 is 0 Å². The number of hydrogen-bond acceptors (Lipinski definition) is 5. The van der Waals surface area contributed by atoms with E-state index in [1.165, 1.54) is 22.0 Å². The fourth-order valence-corrected chi connectivity index (χ4v) is 2.12. The van der Waals surface area contributed by atoms with Crippen LogP contribution in [-0.4, -0.2) is 14.5 Å². The summed E-state index contributed by atoms with van der Waals surface area (Å²) in [7, 11) is 0. The maximum atomic E-state index is 11.5. The van der Waals surface area contributed by atoms with Crippen LogP contribution in [0.3, 0.4) is 0 Å². The first-order chi connectivity index (χ1) is 7.56. The number of aromatic nitrogens is 3. The fourth-order valence-electron chi connectivity index (χ4n) is 1.34. The number of anilines is 1. The minimum Gasteiger partial charge on any atom is -0.385 e. The lowest BCUT2D eigenvalue weighted by Gasteiger charge is -2.05. The highest BCUT2D eigenvalue weighted by Gasteiger charge is 2.05. The van der Waals surface area contributed by atoms with Gasteiger partial charge in [0.1, 0.15) is 5.82 Å². The number of nitrogen functional groups attached to an aromatic ring is 1. The molecule has 84 valence electrons. The predicted octanol–water partition coefficient (Wildman–Crippen LogP) is -0.0680. The average Bonchev–Trinajstić information content (AvgIpc) is 2.58. The van der Waals surface area contributed by atoms with Crippen LogP contribution < -0.4 is 17.0 Å². The molecule has 0 saturated carbocycles. The van der Waals surface area contributed by atoms with Crippen LogP contribution in [0, 0.1) is 6.92 Å². The van der Waals surface area contributed by atoms with Crippen molar-refractivity contribution in [3.8, 4) is 0 Å². The van der Waals surface area contributed by atoms with Crippen molar-refractivity contribution in [1.82, 2.24) is 14.5 Å². The lowest BCUT2D eigenvalue weighted by Crippen LogP contribution is -2.31.